The molecule has 0 radical (unpaired) electrons. The van der Waals surface area contributed by atoms with Gasteiger partial charge in [-0.3, -0.25) is 9.59 Å². The van der Waals surface area contributed by atoms with Gasteiger partial charge in [0.05, 0.1) is 0 Å². The van der Waals surface area contributed by atoms with E-state index >= 15 is 0 Å². The fraction of sp³-hybridized carbons (Fsp3) is 0.364. The van der Waals surface area contributed by atoms with E-state index in [1.165, 1.54) is 0 Å². The highest BCUT2D eigenvalue weighted by Gasteiger charge is 2.26. The van der Waals surface area contributed by atoms with Crippen molar-refractivity contribution in [2.45, 2.75) is 27.7 Å². The van der Waals surface area contributed by atoms with Gasteiger partial charge < -0.3 is 14.2 Å². The van der Waals surface area contributed by atoms with E-state index in [4.69, 9.17) is 4.42 Å². The molecule has 0 atom stereocenters. The third kappa shape index (κ3) is 5.13. The zero-order chi connectivity index (χ0) is 20.7. The van der Waals surface area contributed by atoms with Gasteiger partial charge in [0.2, 0.25) is 0 Å². The molecule has 6 heteroatoms. The fourth-order valence-corrected chi connectivity index (χ4v) is 3.18. The van der Waals surface area contributed by atoms with Crippen molar-refractivity contribution in [1.82, 2.24) is 9.80 Å². The molecular formula is C22H27BrN2O3. The Balaban J connectivity index is 2.42. The molecule has 5 nitrogen and oxygen atoms in total. The van der Waals surface area contributed by atoms with Crippen LogP contribution in [0.1, 0.15) is 33.5 Å². The number of furan rings is 1. The van der Waals surface area contributed by atoms with Gasteiger partial charge in [0.15, 0.2) is 0 Å². The van der Waals surface area contributed by atoms with E-state index in [1.807, 2.05) is 58.0 Å². The summed E-state index contributed by atoms with van der Waals surface area (Å²) in [7, 11) is 0. The van der Waals surface area contributed by atoms with Gasteiger partial charge >= 0.3 is 0 Å². The number of likely N-dealkylation sites (N-methyl/N-ethyl adjacent to an activating group) is 2. The average Bonchev–Trinajstić information content (AvgIpc) is 3.17. The lowest BCUT2D eigenvalue weighted by molar-refractivity contribution is -0.133. The highest BCUT2D eigenvalue weighted by molar-refractivity contribution is 9.10. The monoisotopic (exact) mass is 446 g/mol. The number of halogens is 1. The molecule has 0 fully saturated rings. The van der Waals surface area contributed by atoms with Crippen LogP contribution in [0.4, 0.5) is 0 Å². The largest absolute Gasteiger partial charge is 0.457 e. The lowest BCUT2D eigenvalue weighted by atomic mass is 10.1. The zero-order valence-corrected chi connectivity index (χ0v) is 18.5. The SMILES string of the molecule is CCN(CC)C(=O)C(=Cc1ccc(-c2ccc(Br)cc2)o1)C(=O)N(CC)CC. The van der Waals surface area contributed by atoms with Crippen LogP contribution in [-0.2, 0) is 9.59 Å². The third-order valence-corrected chi connectivity index (χ3v) is 5.13. The van der Waals surface area contributed by atoms with Crippen LogP contribution in [-0.4, -0.2) is 47.8 Å². The molecule has 0 unspecified atom stereocenters. The molecule has 0 N–H and O–H groups in total. The molecule has 28 heavy (non-hydrogen) atoms. The Morgan fingerprint density at radius 3 is 1.82 bits per heavy atom. The third-order valence-electron chi connectivity index (χ3n) is 4.60. The van der Waals surface area contributed by atoms with Crippen molar-refractivity contribution >= 4 is 33.8 Å². The first kappa shape index (κ1) is 22.0. The van der Waals surface area contributed by atoms with Gasteiger partial charge in [0.25, 0.3) is 11.8 Å². The molecule has 0 aliphatic rings. The summed E-state index contributed by atoms with van der Waals surface area (Å²) in [5, 5.41) is 0. The Morgan fingerprint density at radius 2 is 1.36 bits per heavy atom. The molecule has 150 valence electrons. The first-order valence-electron chi connectivity index (χ1n) is 9.61. The number of nitrogens with zero attached hydrogens (tertiary/aromatic N) is 2. The number of amides is 2. The number of rotatable bonds is 8. The molecule has 0 saturated carbocycles. The topological polar surface area (TPSA) is 53.8 Å². The highest BCUT2D eigenvalue weighted by Crippen LogP contribution is 2.25. The summed E-state index contributed by atoms with van der Waals surface area (Å²) in [5.74, 6) is 0.615. The molecule has 2 amide bonds. The second-order valence-corrected chi connectivity index (χ2v) is 7.14. The Labute approximate surface area is 175 Å². The predicted molar refractivity (Wildman–Crippen MR) is 116 cm³/mol. The normalized spacial score (nSPS) is 10.5. The second kappa shape index (κ2) is 10.3. The van der Waals surface area contributed by atoms with E-state index in [-0.39, 0.29) is 17.4 Å². The summed E-state index contributed by atoms with van der Waals surface area (Å²) in [6.07, 6.45) is 1.56. The van der Waals surface area contributed by atoms with Crippen molar-refractivity contribution in [1.29, 1.82) is 0 Å². The quantitative estimate of drug-likeness (QED) is 0.331. The van der Waals surface area contributed by atoms with Crippen molar-refractivity contribution in [3.05, 3.63) is 52.2 Å². The Kier molecular flexibility index (Phi) is 8.05. The van der Waals surface area contributed by atoms with Gasteiger partial charge in [-0.15, -0.1) is 0 Å². The van der Waals surface area contributed by atoms with Crippen LogP contribution in [0.25, 0.3) is 17.4 Å². The summed E-state index contributed by atoms with van der Waals surface area (Å²) >= 11 is 3.42. The molecule has 2 rings (SSSR count). The van der Waals surface area contributed by atoms with E-state index in [0.717, 1.165) is 10.0 Å². The van der Waals surface area contributed by atoms with E-state index in [0.29, 0.717) is 37.7 Å². The number of benzene rings is 1. The lowest BCUT2D eigenvalue weighted by Gasteiger charge is -2.24. The standard InChI is InChI=1S/C22H27BrN2O3/c1-5-24(6-2)21(26)19(22(27)25(7-3)8-4)15-18-13-14-20(28-18)16-9-11-17(23)12-10-16/h9-15H,5-8H2,1-4H3. The maximum Gasteiger partial charge on any atom is 0.259 e. The van der Waals surface area contributed by atoms with Crippen molar-refractivity contribution in [3.8, 4) is 11.3 Å². The van der Waals surface area contributed by atoms with Crippen LogP contribution >= 0.6 is 15.9 Å². The minimum Gasteiger partial charge on any atom is -0.457 e. The van der Waals surface area contributed by atoms with Crippen molar-refractivity contribution < 1.29 is 14.0 Å². The van der Waals surface area contributed by atoms with Gasteiger partial charge in [0, 0.05) is 36.2 Å². The van der Waals surface area contributed by atoms with Gasteiger partial charge in [-0.25, -0.2) is 0 Å². The Hall–Kier alpha value is -2.34. The van der Waals surface area contributed by atoms with Gasteiger partial charge in [-0.1, -0.05) is 28.1 Å². The van der Waals surface area contributed by atoms with Crippen molar-refractivity contribution in [3.63, 3.8) is 0 Å². The van der Waals surface area contributed by atoms with Crippen LogP contribution in [0.15, 0.2) is 50.9 Å². The number of hydrogen-bond donors (Lipinski definition) is 0. The highest BCUT2D eigenvalue weighted by atomic mass is 79.9. The fourth-order valence-electron chi connectivity index (χ4n) is 2.92. The molecule has 0 bridgehead atoms. The summed E-state index contributed by atoms with van der Waals surface area (Å²) < 4.78 is 6.89. The van der Waals surface area contributed by atoms with E-state index in [1.54, 1.807) is 21.9 Å². The Bertz CT molecular complexity index is 806. The van der Waals surface area contributed by atoms with Gasteiger partial charge in [-0.2, -0.15) is 0 Å². The van der Waals surface area contributed by atoms with Crippen molar-refractivity contribution in [2.24, 2.45) is 0 Å². The van der Waals surface area contributed by atoms with Crippen molar-refractivity contribution in [2.75, 3.05) is 26.2 Å². The van der Waals surface area contributed by atoms with Crippen LogP contribution in [0.5, 0.6) is 0 Å². The molecule has 0 spiro atoms. The first-order valence-corrected chi connectivity index (χ1v) is 10.4. The smallest absolute Gasteiger partial charge is 0.259 e. The summed E-state index contributed by atoms with van der Waals surface area (Å²) in [5.41, 5.74) is 1.05. The van der Waals surface area contributed by atoms with Crippen LogP contribution in [0, 0.1) is 0 Å². The molecule has 1 aromatic carbocycles. The number of carbonyl (C=O) groups excluding carboxylic acids is 2. The average molecular weight is 447 g/mol. The number of hydrogen-bond acceptors (Lipinski definition) is 3. The molecule has 1 aromatic heterocycles. The van der Waals surface area contributed by atoms with E-state index < -0.39 is 0 Å². The van der Waals surface area contributed by atoms with Crippen LogP contribution in [0.2, 0.25) is 0 Å². The van der Waals surface area contributed by atoms with Crippen LogP contribution in [0.3, 0.4) is 0 Å². The minimum atomic E-state index is -0.275. The van der Waals surface area contributed by atoms with Crippen LogP contribution < -0.4 is 0 Å². The summed E-state index contributed by atoms with van der Waals surface area (Å²) in [6.45, 7) is 9.78. The molecule has 1 heterocycles. The lowest BCUT2D eigenvalue weighted by Crippen LogP contribution is -2.40. The molecule has 0 aliphatic carbocycles. The summed E-state index contributed by atoms with van der Waals surface area (Å²) in [4.78, 5) is 29.2. The first-order chi connectivity index (χ1) is 13.4. The molecule has 0 aliphatic heterocycles. The minimum absolute atomic E-state index is 0.129. The molecular weight excluding hydrogens is 420 g/mol. The second-order valence-electron chi connectivity index (χ2n) is 6.22. The Morgan fingerprint density at radius 1 is 0.857 bits per heavy atom. The molecule has 2 aromatic rings. The van der Waals surface area contributed by atoms with Gasteiger partial charge in [0.1, 0.15) is 17.1 Å². The van der Waals surface area contributed by atoms with E-state index in [2.05, 4.69) is 15.9 Å². The predicted octanol–water partition coefficient (Wildman–Crippen LogP) is 4.83. The maximum atomic E-state index is 13.0. The number of carbonyl (C=O) groups is 2. The van der Waals surface area contributed by atoms with Gasteiger partial charge in [-0.05, 0) is 58.0 Å². The maximum absolute atomic E-state index is 13.0. The van der Waals surface area contributed by atoms with E-state index in [9.17, 15) is 9.59 Å². The summed E-state index contributed by atoms with van der Waals surface area (Å²) in [6, 6.07) is 11.4. The zero-order valence-electron chi connectivity index (χ0n) is 16.9. The molecule has 0 saturated heterocycles.